The van der Waals surface area contributed by atoms with E-state index in [1.165, 1.54) is 29.9 Å². The third-order valence-corrected chi connectivity index (χ3v) is 3.13. The molecule has 2 nitrogen and oxygen atoms in total. The van der Waals surface area contributed by atoms with E-state index in [0.717, 1.165) is 18.4 Å². The summed E-state index contributed by atoms with van der Waals surface area (Å²) in [6.07, 6.45) is 5.46. The number of carbonyl (C=O) groups is 1. The summed E-state index contributed by atoms with van der Waals surface area (Å²) in [6.45, 7) is 2.04. The highest BCUT2D eigenvalue weighted by Crippen LogP contribution is 2.34. The first-order valence-electron chi connectivity index (χ1n) is 5.76. The summed E-state index contributed by atoms with van der Waals surface area (Å²) >= 11 is 0. The molecule has 1 aliphatic carbocycles. The zero-order valence-electron chi connectivity index (χ0n) is 10.2. The van der Waals surface area contributed by atoms with Gasteiger partial charge in [-0.15, -0.1) is 0 Å². The van der Waals surface area contributed by atoms with Gasteiger partial charge in [-0.1, -0.05) is 30.3 Å². The molecular weight excluding hydrogens is 212 g/mol. The lowest BCUT2D eigenvalue weighted by Crippen LogP contribution is -1.94. The molecule has 0 aliphatic heterocycles. The van der Waals surface area contributed by atoms with E-state index in [4.69, 9.17) is 0 Å². The normalized spacial score (nSPS) is 17.1. The molecule has 0 radical (unpaired) electrons. The van der Waals surface area contributed by atoms with Gasteiger partial charge in [0.25, 0.3) is 0 Å². The number of carbonyl (C=O) groups excluding carboxylic acids is 1. The lowest BCUT2D eigenvalue weighted by molar-refractivity contribution is -0.134. The summed E-state index contributed by atoms with van der Waals surface area (Å²) in [5.74, 6) is -0.309. The zero-order chi connectivity index (χ0) is 12.3. The summed E-state index contributed by atoms with van der Waals surface area (Å²) in [5.41, 5.74) is 5.19. The molecule has 0 N–H and O–H groups in total. The van der Waals surface area contributed by atoms with E-state index in [2.05, 4.69) is 29.0 Å². The second-order valence-electron chi connectivity index (χ2n) is 4.18. The van der Waals surface area contributed by atoms with Crippen molar-refractivity contribution in [1.29, 1.82) is 0 Å². The van der Waals surface area contributed by atoms with Gasteiger partial charge in [-0.05, 0) is 42.0 Å². The van der Waals surface area contributed by atoms with Crippen molar-refractivity contribution in [2.24, 2.45) is 0 Å². The Hall–Kier alpha value is -1.83. The minimum absolute atomic E-state index is 0.309. The Kier molecular flexibility index (Phi) is 3.43. The van der Waals surface area contributed by atoms with Crippen LogP contribution >= 0.6 is 0 Å². The molecule has 1 aromatic rings. The van der Waals surface area contributed by atoms with Gasteiger partial charge >= 0.3 is 5.97 Å². The average Bonchev–Trinajstić information content (AvgIpc) is 2.79. The molecule has 1 aliphatic rings. The summed E-state index contributed by atoms with van der Waals surface area (Å²) in [7, 11) is 1.39. The van der Waals surface area contributed by atoms with Crippen LogP contribution in [0.25, 0.3) is 5.57 Å². The minimum atomic E-state index is -0.309. The molecule has 2 rings (SSSR count). The van der Waals surface area contributed by atoms with Crippen LogP contribution in [0.5, 0.6) is 0 Å². The van der Waals surface area contributed by atoms with Crippen molar-refractivity contribution in [1.82, 2.24) is 0 Å². The van der Waals surface area contributed by atoms with Gasteiger partial charge < -0.3 is 4.74 Å². The third kappa shape index (κ3) is 2.47. The molecule has 0 saturated carbocycles. The Morgan fingerprint density at radius 2 is 2.00 bits per heavy atom. The molecule has 88 valence electrons. The first-order valence-corrected chi connectivity index (χ1v) is 5.76. The fourth-order valence-electron chi connectivity index (χ4n) is 2.20. The third-order valence-electron chi connectivity index (χ3n) is 3.13. The van der Waals surface area contributed by atoms with Crippen molar-refractivity contribution in [3.05, 3.63) is 53.1 Å². The van der Waals surface area contributed by atoms with Crippen LogP contribution in [-0.2, 0) is 16.0 Å². The maximum Gasteiger partial charge on any atom is 0.330 e. The lowest BCUT2D eigenvalue weighted by Gasteiger charge is -2.03. The first kappa shape index (κ1) is 11.6. The van der Waals surface area contributed by atoms with Gasteiger partial charge in [0.2, 0.25) is 0 Å². The molecule has 0 bridgehead atoms. The molecule has 0 fully saturated rings. The topological polar surface area (TPSA) is 26.3 Å². The lowest BCUT2D eigenvalue weighted by atomic mass is 10.0. The number of allylic oxidation sites excluding steroid dienone is 3. The number of benzene rings is 1. The summed E-state index contributed by atoms with van der Waals surface area (Å²) in [5, 5.41) is 0. The van der Waals surface area contributed by atoms with Crippen LogP contribution < -0.4 is 0 Å². The van der Waals surface area contributed by atoms with Gasteiger partial charge in [0.05, 0.1) is 7.11 Å². The Labute approximate surface area is 102 Å². The predicted molar refractivity (Wildman–Crippen MR) is 68.5 cm³/mol. The Morgan fingerprint density at radius 1 is 1.24 bits per heavy atom. The van der Waals surface area contributed by atoms with Crippen LogP contribution in [0, 0.1) is 0 Å². The number of methoxy groups -OCH3 is 1. The second kappa shape index (κ2) is 5.00. The van der Waals surface area contributed by atoms with E-state index >= 15 is 0 Å². The number of hydrogen-bond donors (Lipinski definition) is 0. The fraction of sp³-hybridized carbons (Fsp3) is 0.267. The molecule has 0 saturated heterocycles. The van der Waals surface area contributed by atoms with Crippen molar-refractivity contribution in [3.63, 3.8) is 0 Å². The van der Waals surface area contributed by atoms with Crippen LogP contribution in [0.2, 0.25) is 0 Å². The number of aryl methyl sites for hydroxylation is 1. The molecule has 0 aromatic heterocycles. The van der Waals surface area contributed by atoms with Crippen molar-refractivity contribution < 1.29 is 9.53 Å². The molecule has 2 heteroatoms. The summed E-state index contributed by atoms with van der Waals surface area (Å²) in [6, 6.07) is 8.44. The maximum atomic E-state index is 11.0. The highest BCUT2D eigenvalue weighted by molar-refractivity contribution is 5.84. The summed E-state index contributed by atoms with van der Waals surface area (Å²) in [4.78, 5) is 11.0. The van der Waals surface area contributed by atoms with E-state index < -0.39 is 0 Å². The number of fused-ring (bicyclic) bond motifs is 1. The standard InChI is InChI=1S/C15H16O2/c1-11(7-10-15(16)17-2)13-9-8-12-5-3-4-6-14(12)13/h3-7,10H,8-9H2,1-2H3/b10-7+,13-11-. The Bertz CT molecular complexity index is 495. The largest absolute Gasteiger partial charge is 0.466 e. The first-order chi connectivity index (χ1) is 8.22. The van der Waals surface area contributed by atoms with Crippen LogP contribution in [0.4, 0.5) is 0 Å². The molecule has 0 atom stereocenters. The molecule has 1 aromatic carbocycles. The van der Waals surface area contributed by atoms with Crippen LogP contribution in [0.3, 0.4) is 0 Å². The van der Waals surface area contributed by atoms with Crippen molar-refractivity contribution in [2.45, 2.75) is 19.8 Å². The van der Waals surface area contributed by atoms with E-state index in [9.17, 15) is 4.79 Å². The Morgan fingerprint density at radius 3 is 2.76 bits per heavy atom. The molecule has 0 amide bonds. The SMILES string of the molecule is COC(=O)/C=C/C(C)=C1/CCc2ccccc21. The zero-order valence-corrected chi connectivity index (χ0v) is 10.2. The van der Waals surface area contributed by atoms with Crippen LogP contribution in [0.1, 0.15) is 24.5 Å². The van der Waals surface area contributed by atoms with Crippen LogP contribution in [-0.4, -0.2) is 13.1 Å². The van der Waals surface area contributed by atoms with Gasteiger partial charge in [0.15, 0.2) is 0 Å². The van der Waals surface area contributed by atoms with Crippen molar-refractivity contribution >= 4 is 11.5 Å². The highest BCUT2D eigenvalue weighted by atomic mass is 16.5. The number of ether oxygens (including phenoxy) is 1. The van der Waals surface area contributed by atoms with Gasteiger partial charge in [-0.3, -0.25) is 0 Å². The molecule has 0 unspecified atom stereocenters. The predicted octanol–water partition coefficient (Wildman–Crippen LogP) is 3.14. The van der Waals surface area contributed by atoms with E-state index in [1.54, 1.807) is 0 Å². The smallest absolute Gasteiger partial charge is 0.330 e. The monoisotopic (exact) mass is 228 g/mol. The highest BCUT2D eigenvalue weighted by Gasteiger charge is 2.16. The van der Waals surface area contributed by atoms with Gasteiger partial charge in [0.1, 0.15) is 0 Å². The van der Waals surface area contributed by atoms with Crippen LogP contribution in [0.15, 0.2) is 42.0 Å². The summed E-state index contributed by atoms with van der Waals surface area (Å²) < 4.78 is 4.58. The molecule has 0 spiro atoms. The quantitative estimate of drug-likeness (QED) is 0.574. The average molecular weight is 228 g/mol. The fourth-order valence-corrected chi connectivity index (χ4v) is 2.20. The Balaban J connectivity index is 2.29. The molecular formula is C15H16O2. The van der Waals surface area contributed by atoms with Crippen molar-refractivity contribution in [3.8, 4) is 0 Å². The molecule has 0 heterocycles. The van der Waals surface area contributed by atoms with Gasteiger partial charge in [-0.25, -0.2) is 4.79 Å². The number of esters is 1. The van der Waals surface area contributed by atoms with E-state index in [1.807, 2.05) is 13.0 Å². The van der Waals surface area contributed by atoms with Crippen molar-refractivity contribution in [2.75, 3.05) is 7.11 Å². The van der Waals surface area contributed by atoms with Gasteiger partial charge in [0, 0.05) is 6.08 Å². The number of hydrogen-bond acceptors (Lipinski definition) is 2. The number of rotatable bonds is 2. The maximum absolute atomic E-state index is 11.0. The van der Waals surface area contributed by atoms with E-state index in [0.29, 0.717) is 0 Å². The minimum Gasteiger partial charge on any atom is -0.466 e. The molecule has 17 heavy (non-hydrogen) atoms. The van der Waals surface area contributed by atoms with Gasteiger partial charge in [-0.2, -0.15) is 0 Å². The second-order valence-corrected chi connectivity index (χ2v) is 4.18. The van der Waals surface area contributed by atoms with E-state index in [-0.39, 0.29) is 5.97 Å².